The molecule has 0 aliphatic rings. The molecule has 1 heterocycles. The predicted octanol–water partition coefficient (Wildman–Crippen LogP) is 4.76. The van der Waals surface area contributed by atoms with Gasteiger partial charge in [-0.15, -0.1) is 0 Å². The number of anilines is 1. The zero-order valence-electron chi connectivity index (χ0n) is 12.0. The normalized spacial score (nSPS) is 11.5. The highest BCUT2D eigenvalue weighted by Gasteiger charge is 2.31. The molecule has 1 N–H and O–H groups in total. The first-order chi connectivity index (χ1) is 9.94. The second-order valence-electron chi connectivity index (χ2n) is 4.71. The quantitative estimate of drug-likeness (QED) is 0.879. The molecule has 0 saturated heterocycles. The minimum atomic E-state index is -4.38. The van der Waals surface area contributed by atoms with Gasteiger partial charge in [0.1, 0.15) is 5.82 Å². The lowest BCUT2D eigenvalue weighted by Crippen LogP contribution is -2.08. The lowest BCUT2D eigenvalue weighted by molar-refractivity contribution is -0.137. The summed E-state index contributed by atoms with van der Waals surface area (Å²) in [6.07, 6.45) is -3.56. The van der Waals surface area contributed by atoms with E-state index in [2.05, 4.69) is 10.3 Å². The van der Waals surface area contributed by atoms with Gasteiger partial charge in [0.25, 0.3) is 0 Å². The van der Waals surface area contributed by atoms with Crippen LogP contribution in [-0.2, 0) is 12.6 Å². The van der Waals surface area contributed by atoms with E-state index < -0.39 is 11.7 Å². The number of alkyl halides is 3. The van der Waals surface area contributed by atoms with E-state index >= 15 is 0 Å². The van der Waals surface area contributed by atoms with Crippen molar-refractivity contribution in [3.63, 3.8) is 0 Å². The molecule has 0 aliphatic heterocycles. The summed E-state index contributed by atoms with van der Waals surface area (Å²) in [5.41, 5.74) is 1.40. The van der Waals surface area contributed by atoms with E-state index in [4.69, 9.17) is 0 Å². The molecule has 2 rings (SSSR count). The van der Waals surface area contributed by atoms with E-state index in [1.807, 2.05) is 32.0 Å². The number of hydrogen-bond acceptors (Lipinski definition) is 2. The molecule has 0 unspecified atom stereocenters. The molecule has 2 nitrogen and oxygen atoms in total. The fourth-order valence-corrected chi connectivity index (χ4v) is 2.06. The van der Waals surface area contributed by atoms with Crippen LogP contribution in [0, 0.1) is 0 Å². The Balaban J connectivity index is 2.53. The van der Waals surface area contributed by atoms with Gasteiger partial charge in [0.15, 0.2) is 0 Å². The van der Waals surface area contributed by atoms with Crippen molar-refractivity contribution < 1.29 is 13.2 Å². The molecule has 112 valence electrons. The number of aromatic nitrogens is 1. The van der Waals surface area contributed by atoms with Crippen LogP contribution in [0.1, 0.15) is 25.0 Å². The first-order valence-electron chi connectivity index (χ1n) is 6.86. The minimum absolute atomic E-state index is 0.240. The summed E-state index contributed by atoms with van der Waals surface area (Å²) >= 11 is 0. The van der Waals surface area contributed by atoms with Crippen LogP contribution in [0.5, 0.6) is 0 Å². The monoisotopic (exact) mass is 294 g/mol. The molecule has 1 aromatic carbocycles. The minimum Gasteiger partial charge on any atom is -0.370 e. The van der Waals surface area contributed by atoms with Gasteiger partial charge >= 0.3 is 6.18 Å². The molecule has 0 amide bonds. The number of pyridine rings is 1. The average Bonchev–Trinajstić information content (AvgIpc) is 2.46. The highest BCUT2D eigenvalue weighted by atomic mass is 19.4. The number of rotatable bonds is 4. The number of hydrogen-bond donors (Lipinski definition) is 1. The number of nitrogens with zero attached hydrogens (tertiary/aromatic N) is 1. The molecule has 21 heavy (non-hydrogen) atoms. The van der Waals surface area contributed by atoms with Gasteiger partial charge in [-0.25, -0.2) is 4.98 Å². The molecular weight excluding hydrogens is 277 g/mol. The smallest absolute Gasteiger partial charge is 0.370 e. The van der Waals surface area contributed by atoms with Crippen molar-refractivity contribution in [2.75, 3.05) is 11.9 Å². The van der Waals surface area contributed by atoms with E-state index in [9.17, 15) is 13.2 Å². The van der Waals surface area contributed by atoms with Gasteiger partial charge in [0, 0.05) is 12.1 Å². The first kappa shape index (κ1) is 15.4. The molecule has 0 bridgehead atoms. The van der Waals surface area contributed by atoms with Crippen molar-refractivity contribution in [1.29, 1.82) is 0 Å². The van der Waals surface area contributed by atoms with Crippen LogP contribution >= 0.6 is 0 Å². The van der Waals surface area contributed by atoms with Gasteiger partial charge in [-0.05, 0) is 37.1 Å². The maximum absolute atomic E-state index is 13.0. The lowest BCUT2D eigenvalue weighted by Gasteiger charge is -2.12. The van der Waals surface area contributed by atoms with Crippen molar-refractivity contribution in [1.82, 2.24) is 4.98 Å². The van der Waals surface area contributed by atoms with Gasteiger partial charge in [0.05, 0.1) is 11.3 Å². The van der Waals surface area contributed by atoms with Crippen molar-refractivity contribution in [3.8, 4) is 11.3 Å². The second kappa shape index (κ2) is 6.16. The standard InChI is InChI=1S/C16H17F3N2/c1-3-11-6-5-7-12(8-11)14-9-13(16(17,18)19)10-15(21-14)20-4-2/h5-10H,3-4H2,1-2H3,(H,20,21). The van der Waals surface area contributed by atoms with Crippen LogP contribution in [0.15, 0.2) is 36.4 Å². The Kier molecular flexibility index (Phi) is 4.50. The van der Waals surface area contributed by atoms with E-state index in [0.717, 1.165) is 24.1 Å². The van der Waals surface area contributed by atoms with Gasteiger partial charge < -0.3 is 5.32 Å². The van der Waals surface area contributed by atoms with Crippen LogP contribution < -0.4 is 5.32 Å². The molecule has 0 radical (unpaired) electrons. The second-order valence-corrected chi connectivity index (χ2v) is 4.71. The largest absolute Gasteiger partial charge is 0.416 e. The summed E-state index contributed by atoms with van der Waals surface area (Å²) in [4.78, 5) is 4.27. The summed E-state index contributed by atoms with van der Waals surface area (Å²) in [5.74, 6) is 0.240. The van der Waals surface area contributed by atoms with Crippen LogP contribution in [0.2, 0.25) is 0 Å². The third-order valence-electron chi connectivity index (χ3n) is 3.14. The summed E-state index contributed by atoms with van der Waals surface area (Å²) in [6, 6.07) is 9.56. The van der Waals surface area contributed by atoms with E-state index in [0.29, 0.717) is 17.8 Å². The number of halogens is 3. The SMILES string of the molecule is CCNc1cc(C(F)(F)F)cc(-c2cccc(CC)c2)n1. The molecule has 0 saturated carbocycles. The summed E-state index contributed by atoms with van der Waals surface area (Å²) < 4.78 is 39.0. The Morgan fingerprint density at radius 2 is 1.86 bits per heavy atom. The molecule has 0 atom stereocenters. The topological polar surface area (TPSA) is 24.9 Å². The first-order valence-corrected chi connectivity index (χ1v) is 6.86. The van der Waals surface area contributed by atoms with Gasteiger partial charge in [0.2, 0.25) is 0 Å². The van der Waals surface area contributed by atoms with Gasteiger partial charge in [-0.2, -0.15) is 13.2 Å². The van der Waals surface area contributed by atoms with Crippen molar-refractivity contribution in [2.24, 2.45) is 0 Å². The molecule has 0 aliphatic carbocycles. The lowest BCUT2D eigenvalue weighted by atomic mass is 10.0. The maximum atomic E-state index is 13.0. The highest BCUT2D eigenvalue weighted by molar-refractivity contribution is 5.63. The van der Waals surface area contributed by atoms with Gasteiger partial charge in [-0.3, -0.25) is 0 Å². The highest BCUT2D eigenvalue weighted by Crippen LogP contribution is 2.33. The third kappa shape index (κ3) is 3.74. The van der Waals surface area contributed by atoms with Crippen LogP contribution in [-0.4, -0.2) is 11.5 Å². The molecule has 5 heteroatoms. The summed E-state index contributed by atoms with van der Waals surface area (Å²) in [7, 11) is 0. The Labute approximate surface area is 122 Å². The van der Waals surface area contributed by atoms with Gasteiger partial charge in [-0.1, -0.05) is 25.1 Å². The van der Waals surface area contributed by atoms with E-state index in [1.54, 1.807) is 6.07 Å². The number of nitrogens with one attached hydrogen (secondary N) is 1. The van der Waals surface area contributed by atoms with Crippen LogP contribution in [0.3, 0.4) is 0 Å². The molecule has 0 spiro atoms. The molecular formula is C16H17F3N2. The van der Waals surface area contributed by atoms with Crippen LogP contribution in [0.25, 0.3) is 11.3 Å². The van der Waals surface area contributed by atoms with Crippen molar-refractivity contribution in [2.45, 2.75) is 26.4 Å². The Bertz CT molecular complexity index is 621. The Hall–Kier alpha value is -2.04. The third-order valence-corrected chi connectivity index (χ3v) is 3.14. The molecule has 0 fully saturated rings. The predicted molar refractivity (Wildman–Crippen MR) is 78.2 cm³/mol. The fraction of sp³-hybridized carbons (Fsp3) is 0.312. The Morgan fingerprint density at radius 1 is 1.10 bits per heavy atom. The number of aryl methyl sites for hydroxylation is 1. The van der Waals surface area contributed by atoms with Crippen molar-refractivity contribution >= 4 is 5.82 Å². The average molecular weight is 294 g/mol. The Morgan fingerprint density at radius 3 is 2.48 bits per heavy atom. The molecule has 1 aromatic heterocycles. The summed E-state index contributed by atoms with van der Waals surface area (Å²) in [6.45, 7) is 4.34. The fourth-order valence-electron chi connectivity index (χ4n) is 2.06. The summed E-state index contributed by atoms with van der Waals surface area (Å²) in [5, 5.41) is 2.85. The molecule has 2 aromatic rings. The number of benzene rings is 1. The van der Waals surface area contributed by atoms with E-state index in [1.165, 1.54) is 0 Å². The van der Waals surface area contributed by atoms with Crippen LogP contribution in [0.4, 0.5) is 19.0 Å². The van der Waals surface area contributed by atoms with Crippen molar-refractivity contribution in [3.05, 3.63) is 47.5 Å². The van der Waals surface area contributed by atoms with E-state index in [-0.39, 0.29) is 5.82 Å². The zero-order valence-corrected chi connectivity index (χ0v) is 12.0. The zero-order chi connectivity index (χ0) is 15.5. The maximum Gasteiger partial charge on any atom is 0.416 e.